The first-order valence-electron chi connectivity index (χ1n) is 11.6. The molecule has 3 N–H and O–H groups in total. The Hall–Kier alpha value is -2.23. The van der Waals surface area contributed by atoms with Crippen molar-refractivity contribution < 1.29 is 19.1 Å². The average Bonchev–Trinajstić information content (AvgIpc) is 3.43. The third kappa shape index (κ3) is 5.22. The molecule has 2 fully saturated rings. The number of hydrogen-bond donors (Lipinski definition) is 3. The normalized spacial score (nSPS) is 24.8. The van der Waals surface area contributed by atoms with E-state index in [1.807, 2.05) is 18.3 Å². The van der Waals surface area contributed by atoms with Gasteiger partial charge in [0.25, 0.3) is 0 Å². The summed E-state index contributed by atoms with van der Waals surface area (Å²) in [4.78, 5) is 5.62. The minimum atomic E-state index is -0.448. The van der Waals surface area contributed by atoms with E-state index in [0.717, 1.165) is 69.2 Å². The summed E-state index contributed by atoms with van der Waals surface area (Å²) in [7, 11) is 0. The molecule has 0 spiro atoms. The number of aliphatic hydroxyl groups is 1. The highest BCUT2D eigenvalue weighted by Gasteiger charge is 2.30. The number of nitrogens with one attached hydrogen (secondary N) is 2. The first-order chi connectivity index (χ1) is 15.7. The topological polar surface area (TPSA) is 95.8 Å². The lowest BCUT2D eigenvalue weighted by molar-refractivity contribution is -0.115. The second-order valence-electron chi connectivity index (χ2n) is 8.81. The van der Waals surface area contributed by atoms with Crippen LogP contribution >= 0.6 is 0 Å². The highest BCUT2D eigenvalue weighted by molar-refractivity contribution is 5.82. The third-order valence-corrected chi connectivity index (χ3v) is 6.44. The Morgan fingerprint density at radius 1 is 1.19 bits per heavy atom. The van der Waals surface area contributed by atoms with E-state index in [-0.39, 0.29) is 12.2 Å². The van der Waals surface area contributed by atoms with Gasteiger partial charge in [-0.05, 0) is 24.5 Å². The molecule has 3 atom stereocenters. The molecule has 3 aromatic rings. The largest absolute Gasteiger partial charge is 0.390 e. The summed E-state index contributed by atoms with van der Waals surface area (Å²) in [5, 5.41) is 19.4. The second-order valence-corrected chi connectivity index (χ2v) is 8.81. The van der Waals surface area contributed by atoms with Crippen LogP contribution in [-0.4, -0.2) is 71.3 Å². The van der Waals surface area contributed by atoms with Gasteiger partial charge in [0.15, 0.2) is 5.76 Å². The third-order valence-electron chi connectivity index (χ3n) is 6.44. The molecule has 0 unspecified atom stereocenters. The zero-order valence-corrected chi connectivity index (χ0v) is 18.3. The summed E-state index contributed by atoms with van der Waals surface area (Å²) in [5.41, 5.74) is 3.27. The lowest BCUT2D eigenvalue weighted by atomic mass is 9.98. The van der Waals surface area contributed by atoms with Crippen molar-refractivity contribution in [2.45, 2.75) is 50.7 Å². The van der Waals surface area contributed by atoms with Crippen LogP contribution < -0.4 is 5.32 Å². The maximum atomic E-state index is 10.4. The molecule has 172 valence electrons. The molecule has 8 nitrogen and oxygen atoms in total. The van der Waals surface area contributed by atoms with Crippen LogP contribution in [0.4, 0.5) is 0 Å². The molecule has 0 saturated carbocycles. The number of aromatic amines is 1. The fraction of sp³-hybridized carbons (Fsp3) is 0.542. The van der Waals surface area contributed by atoms with Crippen LogP contribution in [0, 0.1) is 0 Å². The Kier molecular flexibility index (Phi) is 6.85. The molecule has 5 rings (SSSR count). The highest BCUT2D eigenvalue weighted by Crippen LogP contribution is 2.23. The quantitative estimate of drug-likeness (QED) is 0.494. The summed E-state index contributed by atoms with van der Waals surface area (Å²) in [6.45, 7) is 5.50. The molecule has 0 aliphatic carbocycles. The van der Waals surface area contributed by atoms with Crippen molar-refractivity contribution in [1.29, 1.82) is 0 Å². The van der Waals surface area contributed by atoms with Crippen LogP contribution in [0.3, 0.4) is 0 Å². The minimum Gasteiger partial charge on any atom is -0.390 e. The molecular weight excluding hydrogens is 408 g/mol. The van der Waals surface area contributed by atoms with E-state index in [1.54, 1.807) is 0 Å². The van der Waals surface area contributed by atoms with Gasteiger partial charge in [-0.15, -0.1) is 0 Å². The molecule has 2 aromatic heterocycles. The molecule has 8 heteroatoms. The van der Waals surface area contributed by atoms with Crippen molar-refractivity contribution in [3.8, 4) is 0 Å². The van der Waals surface area contributed by atoms with Crippen LogP contribution in [0.2, 0.25) is 0 Å². The van der Waals surface area contributed by atoms with Gasteiger partial charge in [0.2, 0.25) is 0 Å². The lowest BCUT2D eigenvalue weighted by Gasteiger charge is -2.34. The number of hydrogen-bond acceptors (Lipinski definition) is 7. The highest BCUT2D eigenvalue weighted by atomic mass is 16.5. The van der Waals surface area contributed by atoms with Crippen LogP contribution in [0.15, 0.2) is 41.1 Å². The average molecular weight is 441 g/mol. The van der Waals surface area contributed by atoms with E-state index >= 15 is 0 Å². The van der Waals surface area contributed by atoms with Crippen LogP contribution in [0.5, 0.6) is 0 Å². The molecule has 2 aliphatic rings. The van der Waals surface area contributed by atoms with Gasteiger partial charge in [0.1, 0.15) is 0 Å². The van der Waals surface area contributed by atoms with Crippen LogP contribution in [0.25, 0.3) is 10.9 Å². The van der Waals surface area contributed by atoms with E-state index in [0.29, 0.717) is 13.0 Å². The molecule has 0 radical (unpaired) electrons. The first kappa shape index (κ1) is 21.6. The van der Waals surface area contributed by atoms with Gasteiger partial charge in [-0.2, -0.15) is 0 Å². The zero-order chi connectivity index (χ0) is 21.8. The summed E-state index contributed by atoms with van der Waals surface area (Å²) in [6.07, 6.45) is 3.68. The molecule has 1 aromatic carbocycles. The molecule has 32 heavy (non-hydrogen) atoms. The molecule has 0 bridgehead atoms. The number of rotatable bonds is 8. The number of benzene rings is 1. The Morgan fingerprint density at radius 3 is 2.97 bits per heavy atom. The fourth-order valence-electron chi connectivity index (χ4n) is 4.65. The van der Waals surface area contributed by atoms with Crippen molar-refractivity contribution in [1.82, 2.24) is 20.4 Å². The minimum absolute atomic E-state index is 0.0413. The Balaban J connectivity index is 1.11. The maximum Gasteiger partial charge on any atom is 0.150 e. The van der Waals surface area contributed by atoms with Crippen molar-refractivity contribution >= 4 is 10.9 Å². The standard InChI is InChI=1S/C24H32N4O4/c29-23-6-5-19(11-18-12-20(32-27-18)16-28-7-9-30-10-8-28)31-24(23)15-25-13-17-14-26-22-4-2-1-3-21(17)22/h1-4,12,14,19,23-26,29H,5-11,13,15-16H2/t19-,23-,24+/m0/s1. The maximum absolute atomic E-state index is 10.4. The summed E-state index contributed by atoms with van der Waals surface area (Å²) >= 11 is 0. The van der Waals surface area contributed by atoms with E-state index in [2.05, 4.69) is 38.6 Å². The zero-order valence-electron chi connectivity index (χ0n) is 18.3. The number of nitrogens with zero attached hydrogens (tertiary/aromatic N) is 2. The smallest absolute Gasteiger partial charge is 0.150 e. The van der Waals surface area contributed by atoms with Crippen molar-refractivity contribution in [3.63, 3.8) is 0 Å². The van der Waals surface area contributed by atoms with Gasteiger partial charge < -0.3 is 29.4 Å². The summed E-state index contributed by atoms with van der Waals surface area (Å²) in [5.74, 6) is 0.884. The molecule has 4 heterocycles. The number of aliphatic hydroxyl groups excluding tert-OH is 1. The molecular formula is C24H32N4O4. The molecule has 2 saturated heterocycles. The van der Waals surface area contributed by atoms with E-state index < -0.39 is 6.10 Å². The van der Waals surface area contributed by atoms with Gasteiger partial charge in [-0.1, -0.05) is 23.4 Å². The van der Waals surface area contributed by atoms with Crippen molar-refractivity contribution in [3.05, 3.63) is 53.5 Å². The lowest BCUT2D eigenvalue weighted by Crippen LogP contribution is -2.45. The van der Waals surface area contributed by atoms with Gasteiger partial charge in [0.05, 0.1) is 43.8 Å². The number of fused-ring (bicyclic) bond motifs is 1. The van der Waals surface area contributed by atoms with Gasteiger partial charge in [-0.3, -0.25) is 4.90 Å². The Morgan fingerprint density at radius 2 is 2.06 bits per heavy atom. The number of aromatic nitrogens is 2. The Labute approximate surface area is 187 Å². The van der Waals surface area contributed by atoms with Gasteiger partial charge >= 0.3 is 0 Å². The SMILES string of the molecule is O[C@H]1CC[C@@H](Cc2cc(CN3CCOCC3)on2)O[C@@H]1CNCc1c[nH]c2ccccc12. The number of morpholine rings is 1. The number of ether oxygens (including phenoxy) is 2. The van der Waals surface area contributed by atoms with Crippen LogP contribution in [-0.2, 0) is 29.0 Å². The van der Waals surface area contributed by atoms with Crippen molar-refractivity contribution in [2.24, 2.45) is 0 Å². The summed E-state index contributed by atoms with van der Waals surface area (Å²) < 4.78 is 17.2. The Bertz CT molecular complexity index is 997. The fourth-order valence-corrected chi connectivity index (χ4v) is 4.65. The van der Waals surface area contributed by atoms with Crippen LogP contribution in [0.1, 0.15) is 29.9 Å². The van der Waals surface area contributed by atoms with E-state index in [4.69, 9.17) is 14.0 Å². The second kappa shape index (κ2) is 10.1. The monoisotopic (exact) mass is 440 g/mol. The molecule has 2 aliphatic heterocycles. The number of para-hydroxylation sites is 1. The summed E-state index contributed by atoms with van der Waals surface area (Å²) in [6, 6.07) is 10.3. The van der Waals surface area contributed by atoms with Crippen molar-refractivity contribution in [2.75, 3.05) is 32.8 Å². The van der Waals surface area contributed by atoms with Gasteiger partial charge in [-0.25, -0.2) is 0 Å². The van der Waals surface area contributed by atoms with E-state index in [9.17, 15) is 5.11 Å². The molecule has 0 amide bonds. The van der Waals surface area contributed by atoms with E-state index in [1.165, 1.54) is 10.9 Å². The van der Waals surface area contributed by atoms with Gasteiger partial charge in [0, 0.05) is 55.8 Å². The number of H-pyrrole nitrogens is 1. The first-order valence-corrected chi connectivity index (χ1v) is 11.6. The predicted octanol–water partition coefficient (Wildman–Crippen LogP) is 2.23. The predicted molar refractivity (Wildman–Crippen MR) is 120 cm³/mol.